The highest BCUT2D eigenvalue weighted by atomic mass is 79.9. The number of hydrogen-bond donors (Lipinski definition) is 0. The number of nitrogens with zero attached hydrogens (tertiary/aromatic N) is 3. The average Bonchev–Trinajstić information content (AvgIpc) is 3.24. The summed E-state index contributed by atoms with van der Waals surface area (Å²) in [6, 6.07) is 14.7. The number of amides is 1. The number of halogens is 1. The third-order valence-electron chi connectivity index (χ3n) is 4.94. The van der Waals surface area contributed by atoms with Gasteiger partial charge in [0.25, 0.3) is 5.91 Å². The first kappa shape index (κ1) is 18.7. The molecule has 1 aliphatic heterocycles. The summed E-state index contributed by atoms with van der Waals surface area (Å²) in [5.41, 5.74) is 1.49. The summed E-state index contributed by atoms with van der Waals surface area (Å²) in [6.07, 6.45) is 2.79. The summed E-state index contributed by atoms with van der Waals surface area (Å²) in [5.74, 6) is 1.73. The summed E-state index contributed by atoms with van der Waals surface area (Å²) < 4.78 is 11.5. The van der Waals surface area contributed by atoms with E-state index in [9.17, 15) is 4.79 Å². The Morgan fingerprint density at radius 2 is 1.96 bits per heavy atom. The van der Waals surface area contributed by atoms with Crippen molar-refractivity contribution in [2.24, 2.45) is 0 Å². The molecule has 1 aromatic heterocycles. The molecule has 0 N–H and O–H groups in total. The average molecular weight is 442 g/mol. The van der Waals surface area contributed by atoms with Crippen molar-refractivity contribution in [1.82, 2.24) is 15.0 Å². The second-order valence-corrected chi connectivity index (χ2v) is 7.53. The van der Waals surface area contributed by atoms with Gasteiger partial charge < -0.3 is 14.2 Å². The summed E-state index contributed by atoms with van der Waals surface area (Å²) >= 11 is 3.48. The lowest BCUT2D eigenvalue weighted by atomic mass is 10.0. The highest BCUT2D eigenvalue weighted by molar-refractivity contribution is 9.10. The Kier molecular flexibility index (Phi) is 5.43. The van der Waals surface area contributed by atoms with Crippen molar-refractivity contribution in [3.63, 3.8) is 0 Å². The fourth-order valence-electron chi connectivity index (χ4n) is 3.45. The Hall–Kier alpha value is -2.67. The molecule has 1 aliphatic rings. The number of carbonyl (C=O) groups is 1. The molecule has 1 fully saturated rings. The molecule has 1 atom stereocenters. The van der Waals surface area contributed by atoms with Crippen LogP contribution in [0.3, 0.4) is 0 Å². The lowest BCUT2D eigenvalue weighted by Crippen LogP contribution is -2.38. The first-order valence-corrected chi connectivity index (χ1v) is 10.00. The minimum absolute atomic E-state index is 0.0265. The van der Waals surface area contributed by atoms with Gasteiger partial charge in [-0.15, -0.1) is 0 Å². The number of piperidine rings is 1. The number of carbonyl (C=O) groups excluding carboxylic acids is 1. The summed E-state index contributed by atoms with van der Waals surface area (Å²) in [5, 5.41) is 4.13. The molecule has 2 aromatic carbocycles. The lowest BCUT2D eigenvalue weighted by molar-refractivity contribution is 0.0560. The lowest BCUT2D eigenvalue weighted by Gasteiger charge is -2.33. The predicted octanol–water partition coefficient (Wildman–Crippen LogP) is 4.88. The Morgan fingerprint density at radius 1 is 1.18 bits per heavy atom. The Morgan fingerprint density at radius 3 is 2.71 bits per heavy atom. The van der Waals surface area contributed by atoms with Crippen molar-refractivity contribution in [2.45, 2.75) is 25.3 Å². The zero-order chi connectivity index (χ0) is 19.5. The van der Waals surface area contributed by atoms with E-state index in [-0.39, 0.29) is 11.9 Å². The van der Waals surface area contributed by atoms with E-state index in [4.69, 9.17) is 9.26 Å². The molecule has 1 unspecified atom stereocenters. The van der Waals surface area contributed by atoms with Gasteiger partial charge in [0.15, 0.2) is 0 Å². The molecule has 2 heterocycles. The third-order valence-corrected chi connectivity index (χ3v) is 5.63. The Bertz CT molecular complexity index is 971. The zero-order valence-electron chi connectivity index (χ0n) is 15.5. The Labute approximate surface area is 171 Å². The number of likely N-dealkylation sites (tertiary alicyclic amines) is 1. The van der Waals surface area contributed by atoms with Crippen molar-refractivity contribution in [2.75, 3.05) is 13.7 Å². The molecule has 144 valence electrons. The quantitative estimate of drug-likeness (QED) is 0.577. The highest BCUT2D eigenvalue weighted by Gasteiger charge is 2.33. The maximum absolute atomic E-state index is 13.1. The van der Waals surface area contributed by atoms with E-state index in [0.717, 1.165) is 35.0 Å². The van der Waals surface area contributed by atoms with Crippen LogP contribution in [0.25, 0.3) is 11.4 Å². The first-order chi connectivity index (χ1) is 13.7. The topological polar surface area (TPSA) is 68.5 Å². The van der Waals surface area contributed by atoms with Crippen molar-refractivity contribution < 1.29 is 14.1 Å². The number of methoxy groups -OCH3 is 1. The molecule has 1 amide bonds. The second kappa shape index (κ2) is 8.14. The van der Waals surface area contributed by atoms with Crippen LogP contribution in [0.2, 0.25) is 0 Å². The Balaban J connectivity index is 1.60. The van der Waals surface area contributed by atoms with Gasteiger partial charge in [-0.05, 0) is 71.6 Å². The van der Waals surface area contributed by atoms with E-state index in [1.165, 1.54) is 0 Å². The van der Waals surface area contributed by atoms with Crippen LogP contribution in [0.4, 0.5) is 0 Å². The predicted molar refractivity (Wildman–Crippen MR) is 108 cm³/mol. The largest absolute Gasteiger partial charge is 0.497 e. The molecular weight excluding hydrogens is 422 g/mol. The zero-order valence-corrected chi connectivity index (χ0v) is 17.1. The van der Waals surface area contributed by atoms with Crippen molar-refractivity contribution in [3.8, 4) is 17.1 Å². The molecule has 28 heavy (non-hydrogen) atoms. The number of aromatic nitrogens is 2. The van der Waals surface area contributed by atoms with Gasteiger partial charge in [0, 0.05) is 16.6 Å². The molecule has 1 saturated heterocycles. The van der Waals surface area contributed by atoms with Gasteiger partial charge in [0.2, 0.25) is 11.7 Å². The molecule has 0 aliphatic carbocycles. The van der Waals surface area contributed by atoms with Crippen LogP contribution in [-0.4, -0.2) is 34.6 Å². The van der Waals surface area contributed by atoms with Gasteiger partial charge in [0.05, 0.1) is 12.7 Å². The van der Waals surface area contributed by atoms with Gasteiger partial charge in [-0.3, -0.25) is 4.79 Å². The summed E-state index contributed by atoms with van der Waals surface area (Å²) in [4.78, 5) is 19.6. The second-order valence-electron chi connectivity index (χ2n) is 6.67. The van der Waals surface area contributed by atoms with E-state index in [1.54, 1.807) is 7.11 Å². The van der Waals surface area contributed by atoms with Crippen LogP contribution >= 0.6 is 15.9 Å². The van der Waals surface area contributed by atoms with Crippen LogP contribution in [-0.2, 0) is 0 Å². The smallest absolute Gasteiger partial charge is 0.255 e. The van der Waals surface area contributed by atoms with Crippen molar-refractivity contribution in [1.29, 1.82) is 0 Å². The molecule has 0 spiro atoms. The van der Waals surface area contributed by atoms with Crippen molar-refractivity contribution >= 4 is 21.8 Å². The van der Waals surface area contributed by atoms with E-state index in [0.29, 0.717) is 23.8 Å². The SMILES string of the molecule is COc1ccc(-c2noc(C3CCCCN3C(=O)c3ccccc3Br)n2)cc1. The molecule has 0 saturated carbocycles. The molecular formula is C21H20BrN3O3. The molecule has 6 nitrogen and oxygen atoms in total. The van der Waals surface area contributed by atoms with Gasteiger partial charge in [-0.1, -0.05) is 17.3 Å². The fraction of sp³-hybridized carbons (Fsp3) is 0.286. The number of hydrogen-bond acceptors (Lipinski definition) is 5. The van der Waals surface area contributed by atoms with Crippen LogP contribution in [0.5, 0.6) is 5.75 Å². The van der Waals surface area contributed by atoms with Gasteiger partial charge in [-0.25, -0.2) is 0 Å². The molecule has 4 rings (SSSR count). The van der Waals surface area contributed by atoms with Crippen LogP contribution in [0.1, 0.15) is 41.6 Å². The maximum atomic E-state index is 13.1. The van der Waals surface area contributed by atoms with E-state index in [2.05, 4.69) is 26.1 Å². The molecule has 0 radical (unpaired) electrons. The number of ether oxygens (including phenoxy) is 1. The maximum Gasteiger partial charge on any atom is 0.255 e. The van der Waals surface area contributed by atoms with Crippen molar-refractivity contribution in [3.05, 3.63) is 64.5 Å². The standard InChI is InChI=1S/C21H20BrN3O3/c1-27-15-11-9-14(10-12-15)19-23-20(28-24-19)18-8-4-5-13-25(18)21(26)16-6-2-3-7-17(16)22/h2-3,6-7,9-12,18H,4-5,8,13H2,1H3. The van der Waals surface area contributed by atoms with E-state index < -0.39 is 0 Å². The van der Waals surface area contributed by atoms with Crippen LogP contribution < -0.4 is 4.74 Å². The molecule has 7 heteroatoms. The van der Waals surface area contributed by atoms with Crippen LogP contribution in [0, 0.1) is 0 Å². The first-order valence-electron chi connectivity index (χ1n) is 9.21. The van der Waals surface area contributed by atoms with Crippen LogP contribution in [0.15, 0.2) is 57.5 Å². The number of benzene rings is 2. The monoisotopic (exact) mass is 441 g/mol. The van der Waals surface area contributed by atoms with E-state index in [1.807, 2.05) is 53.4 Å². The van der Waals surface area contributed by atoms with E-state index >= 15 is 0 Å². The highest BCUT2D eigenvalue weighted by Crippen LogP contribution is 2.33. The summed E-state index contributed by atoms with van der Waals surface area (Å²) in [6.45, 7) is 0.672. The molecule has 3 aromatic rings. The van der Waals surface area contributed by atoms with Gasteiger partial charge in [0.1, 0.15) is 11.8 Å². The van der Waals surface area contributed by atoms with Gasteiger partial charge in [-0.2, -0.15) is 4.98 Å². The molecule has 0 bridgehead atoms. The summed E-state index contributed by atoms with van der Waals surface area (Å²) in [7, 11) is 1.63. The minimum Gasteiger partial charge on any atom is -0.497 e. The minimum atomic E-state index is -0.215. The third kappa shape index (κ3) is 3.67. The number of rotatable bonds is 4. The normalized spacial score (nSPS) is 16.8. The fourth-order valence-corrected chi connectivity index (χ4v) is 3.90. The van der Waals surface area contributed by atoms with Gasteiger partial charge >= 0.3 is 0 Å².